The van der Waals surface area contributed by atoms with Crippen LogP contribution in [0.5, 0.6) is 0 Å². The lowest BCUT2D eigenvalue weighted by Gasteiger charge is -2.30. The van der Waals surface area contributed by atoms with E-state index in [-0.39, 0.29) is 11.8 Å². The van der Waals surface area contributed by atoms with E-state index in [0.29, 0.717) is 42.4 Å². The topological polar surface area (TPSA) is 66.5 Å². The van der Waals surface area contributed by atoms with E-state index in [1.54, 1.807) is 6.07 Å². The van der Waals surface area contributed by atoms with Gasteiger partial charge in [-0.15, -0.1) is 0 Å². The van der Waals surface area contributed by atoms with Gasteiger partial charge in [0.15, 0.2) is 0 Å². The van der Waals surface area contributed by atoms with Gasteiger partial charge in [-0.3, -0.25) is 4.79 Å². The Bertz CT molecular complexity index is 1030. The van der Waals surface area contributed by atoms with Crippen LogP contribution in [0.1, 0.15) is 36.0 Å². The third-order valence-electron chi connectivity index (χ3n) is 6.13. The van der Waals surface area contributed by atoms with Crippen molar-refractivity contribution in [1.29, 1.82) is 0 Å². The van der Waals surface area contributed by atoms with Crippen LogP contribution in [0.3, 0.4) is 0 Å². The van der Waals surface area contributed by atoms with Gasteiger partial charge in [0.25, 0.3) is 0 Å². The number of rotatable bonds is 6. The number of carbonyl (C=O) groups is 1. The summed E-state index contributed by atoms with van der Waals surface area (Å²) in [7, 11) is -3.50. The van der Waals surface area contributed by atoms with E-state index in [9.17, 15) is 13.2 Å². The Morgan fingerprint density at radius 1 is 1.07 bits per heavy atom. The van der Waals surface area contributed by atoms with Gasteiger partial charge in [-0.25, -0.2) is 8.42 Å². The van der Waals surface area contributed by atoms with Crippen molar-refractivity contribution in [2.45, 2.75) is 43.4 Å². The lowest BCUT2D eigenvalue weighted by molar-refractivity contribution is -0.126. The van der Waals surface area contributed by atoms with Gasteiger partial charge in [0, 0.05) is 30.6 Å². The molecule has 5 nitrogen and oxygen atoms in total. The lowest BCUT2D eigenvalue weighted by atomic mass is 9.97. The number of sulfonamides is 1. The number of hydrogen-bond acceptors (Lipinski definition) is 3. The Balaban J connectivity index is 1.29. The van der Waals surface area contributed by atoms with Crippen LogP contribution >= 0.6 is 11.6 Å². The average molecular weight is 447 g/mol. The van der Waals surface area contributed by atoms with Crippen LogP contribution in [-0.4, -0.2) is 38.3 Å². The summed E-state index contributed by atoms with van der Waals surface area (Å²) in [6.45, 7) is 1.31. The molecule has 2 aromatic rings. The average Bonchev–Trinajstić information content (AvgIpc) is 3.22. The SMILES string of the molecule is O=C(NCCc1cccc(Cl)c1)C1CCN(S(=O)(=O)c2ccc3c(c2)CCC3)CC1. The zero-order chi connectivity index (χ0) is 21.1. The fourth-order valence-corrected chi connectivity index (χ4v) is 6.12. The second kappa shape index (κ2) is 9.08. The van der Waals surface area contributed by atoms with Crippen molar-refractivity contribution >= 4 is 27.5 Å². The van der Waals surface area contributed by atoms with Gasteiger partial charge in [0.05, 0.1) is 4.90 Å². The van der Waals surface area contributed by atoms with Crippen LogP contribution in [0.4, 0.5) is 0 Å². The maximum Gasteiger partial charge on any atom is 0.243 e. The summed E-state index contributed by atoms with van der Waals surface area (Å²) in [5.41, 5.74) is 3.50. The third-order valence-corrected chi connectivity index (χ3v) is 8.26. The first kappa shape index (κ1) is 21.3. The number of halogens is 1. The second-order valence-electron chi connectivity index (χ2n) is 8.13. The molecule has 0 spiro atoms. The molecular weight excluding hydrogens is 420 g/mol. The summed E-state index contributed by atoms with van der Waals surface area (Å²) in [4.78, 5) is 12.9. The lowest BCUT2D eigenvalue weighted by Crippen LogP contribution is -2.43. The highest BCUT2D eigenvalue weighted by atomic mass is 35.5. The fraction of sp³-hybridized carbons (Fsp3) is 0.435. The Morgan fingerprint density at radius 3 is 2.60 bits per heavy atom. The monoisotopic (exact) mass is 446 g/mol. The summed E-state index contributed by atoms with van der Waals surface area (Å²) in [6, 6.07) is 13.1. The highest BCUT2D eigenvalue weighted by molar-refractivity contribution is 7.89. The first-order chi connectivity index (χ1) is 14.4. The molecule has 0 atom stereocenters. The predicted molar refractivity (Wildman–Crippen MR) is 118 cm³/mol. The molecule has 2 aromatic carbocycles. The first-order valence-electron chi connectivity index (χ1n) is 10.6. The van der Waals surface area contributed by atoms with E-state index < -0.39 is 10.0 Å². The first-order valence-corrected chi connectivity index (χ1v) is 12.4. The number of carbonyl (C=O) groups excluding carboxylic acids is 1. The highest BCUT2D eigenvalue weighted by Crippen LogP contribution is 2.28. The molecule has 1 aliphatic carbocycles. The number of benzene rings is 2. The van der Waals surface area contributed by atoms with E-state index in [0.717, 1.165) is 36.8 Å². The van der Waals surface area contributed by atoms with Crippen LogP contribution in [0, 0.1) is 5.92 Å². The van der Waals surface area contributed by atoms with E-state index in [2.05, 4.69) is 5.32 Å². The molecule has 4 rings (SSSR count). The van der Waals surface area contributed by atoms with Crippen molar-refractivity contribution in [3.05, 3.63) is 64.2 Å². The van der Waals surface area contributed by atoms with Crippen molar-refractivity contribution in [2.24, 2.45) is 5.92 Å². The molecule has 0 radical (unpaired) electrons. The largest absolute Gasteiger partial charge is 0.356 e. The number of amides is 1. The van der Waals surface area contributed by atoms with Crippen molar-refractivity contribution in [3.8, 4) is 0 Å². The Labute approximate surface area is 183 Å². The van der Waals surface area contributed by atoms with E-state index in [1.165, 1.54) is 9.87 Å². The predicted octanol–water partition coefficient (Wildman–Crippen LogP) is 3.59. The molecule has 1 N–H and O–H groups in total. The van der Waals surface area contributed by atoms with Gasteiger partial charge in [0.1, 0.15) is 0 Å². The molecule has 1 heterocycles. The molecule has 7 heteroatoms. The van der Waals surface area contributed by atoms with Gasteiger partial charge < -0.3 is 5.32 Å². The minimum Gasteiger partial charge on any atom is -0.356 e. The van der Waals surface area contributed by atoms with Crippen molar-refractivity contribution in [3.63, 3.8) is 0 Å². The summed E-state index contributed by atoms with van der Waals surface area (Å²) in [5, 5.41) is 3.67. The van der Waals surface area contributed by atoms with Crippen LogP contribution < -0.4 is 5.32 Å². The second-order valence-corrected chi connectivity index (χ2v) is 10.5. The van der Waals surface area contributed by atoms with Crippen LogP contribution in [0.2, 0.25) is 5.02 Å². The maximum atomic E-state index is 13.0. The van der Waals surface area contributed by atoms with Gasteiger partial charge in [-0.2, -0.15) is 4.31 Å². The molecule has 1 aliphatic heterocycles. The summed E-state index contributed by atoms with van der Waals surface area (Å²) in [5.74, 6) is -0.137. The maximum absolute atomic E-state index is 13.0. The van der Waals surface area contributed by atoms with E-state index in [1.807, 2.05) is 36.4 Å². The number of nitrogens with one attached hydrogen (secondary N) is 1. The normalized spacial score (nSPS) is 17.6. The van der Waals surface area contributed by atoms with Crippen molar-refractivity contribution < 1.29 is 13.2 Å². The molecule has 2 aliphatic rings. The summed E-state index contributed by atoms with van der Waals surface area (Å²) in [6.07, 6.45) is 4.90. The van der Waals surface area contributed by atoms with E-state index >= 15 is 0 Å². The highest BCUT2D eigenvalue weighted by Gasteiger charge is 2.32. The Morgan fingerprint density at radius 2 is 1.83 bits per heavy atom. The molecule has 1 amide bonds. The van der Waals surface area contributed by atoms with Gasteiger partial charge in [0.2, 0.25) is 15.9 Å². The number of nitrogens with zero attached hydrogens (tertiary/aromatic N) is 1. The van der Waals surface area contributed by atoms with Crippen LogP contribution in [0.25, 0.3) is 0 Å². The molecule has 0 aromatic heterocycles. The van der Waals surface area contributed by atoms with Crippen LogP contribution in [0.15, 0.2) is 47.4 Å². The molecule has 0 bridgehead atoms. The Kier molecular flexibility index (Phi) is 6.46. The zero-order valence-corrected chi connectivity index (χ0v) is 18.5. The molecule has 1 fully saturated rings. The van der Waals surface area contributed by atoms with Crippen molar-refractivity contribution in [1.82, 2.24) is 9.62 Å². The summed E-state index contributed by atoms with van der Waals surface area (Å²) >= 11 is 5.99. The number of aryl methyl sites for hydroxylation is 2. The third kappa shape index (κ3) is 4.71. The molecule has 160 valence electrons. The minimum absolute atomic E-state index is 0.00612. The van der Waals surface area contributed by atoms with E-state index in [4.69, 9.17) is 11.6 Å². The van der Waals surface area contributed by atoms with Gasteiger partial charge >= 0.3 is 0 Å². The molecule has 0 saturated carbocycles. The van der Waals surface area contributed by atoms with Gasteiger partial charge in [-0.05, 0) is 79.5 Å². The molecular formula is C23H27ClN2O3S. The fourth-order valence-electron chi connectivity index (χ4n) is 4.38. The standard InChI is InChI=1S/C23H27ClN2O3S/c24-21-6-1-3-17(15-21)9-12-25-23(27)19-10-13-26(14-11-19)30(28,29)22-8-7-18-4-2-5-20(18)16-22/h1,3,6-8,15-16,19H,2,4-5,9-14H2,(H,25,27). The quantitative estimate of drug-likeness (QED) is 0.737. The number of hydrogen-bond donors (Lipinski definition) is 1. The number of piperidine rings is 1. The molecule has 30 heavy (non-hydrogen) atoms. The minimum atomic E-state index is -3.50. The molecule has 0 unspecified atom stereocenters. The number of fused-ring (bicyclic) bond motifs is 1. The summed E-state index contributed by atoms with van der Waals surface area (Å²) < 4.78 is 27.6. The van der Waals surface area contributed by atoms with Crippen LogP contribution in [-0.2, 0) is 34.1 Å². The smallest absolute Gasteiger partial charge is 0.243 e. The Hall–Kier alpha value is -1.89. The van der Waals surface area contributed by atoms with Gasteiger partial charge in [-0.1, -0.05) is 29.8 Å². The van der Waals surface area contributed by atoms with Crippen molar-refractivity contribution in [2.75, 3.05) is 19.6 Å². The zero-order valence-electron chi connectivity index (χ0n) is 16.9. The molecule has 1 saturated heterocycles.